The molecular formula is C21H17ClF3N3O3. The van der Waals surface area contributed by atoms with E-state index in [0.717, 1.165) is 30.5 Å². The molecule has 0 spiro atoms. The number of ether oxygens (including phenoxy) is 1. The summed E-state index contributed by atoms with van der Waals surface area (Å²) in [5, 5.41) is 10.9. The number of alkyl halides is 3. The van der Waals surface area contributed by atoms with Gasteiger partial charge in [-0.3, -0.25) is 4.79 Å². The molecule has 6 nitrogen and oxygen atoms in total. The molecule has 1 aliphatic rings. The number of aromatic nitrogens is 2. The third-order valence-electron chi connectivity index (χ3n) is 5.05. The van der Waals surface area contributed by atoms with E-state index in [2.05, 4.69) is 14.7 Å². The molecule has 1 aromatic heterocycles. The number of hydrogen-bond acceptors (Lipinski definition) is 5. The number of amides is 1. The molecule has 3 aromatic rings. The molecular weight excluding hydrogens is 435 g/mol. The third-order valence-corrected chi connectivity index (χ3v) is 5.29. The lowest BCUT2D eigenvalue weighted by Gasteiger charge is -2.24. The largest absolute Gasteiger partial charge is 0.573 e. The maximum Gasteiger partial charge on any atom is 0.573 e. The van der Waals surface area contributed by atoms with E-state index in [-0.39, 0.29) is 22.8 Å². The zero-order chi connectivity index (χ0) is 22.2. The Morgan fingerprint density at radius 3 is 2.74 bits per heavy atom. The average molecular weight is 452 g/mol. The van der Waals surface area contributed by atoms with Gasteiger partial charge < -0.3 is 14.7 Å². The minimum absolute atomic E-state index is 0.0206. The van der Waals surface area contributed by atoms with E-state index in [9.17, 15) is 23.1 Å². The minimum Gasteiger partial charge on any atom is -0.492 e. The molecule has 0 aliphatic carbocycles. The van der Waals surface area contributed by atoms with Gasteiger partial charge in [0.25, 0.3) is 5.91 Å². The van der Waals surface area contributed by atoms with Crippen LogP contribution in [0.2, 0.25) is 5.02 Å². The summed E-state index contributed by atoms with van der Waals surface area (Å²) in [5.41, 5.74) is 0.896. The van der Waals surface area contributed by atoms with Gasteiger partial charge in [-0.15, -0.1) is 13.2 Å². The average Bonchev–Trinajstić information content (AvgIpc) is 3.13. The first-order chi connectivity index (χ1) is 14.7. The molecule has 2 aromatic carbocycles. The number of halogens is 4. The second-order valence-electron chi connectivity index (χ2n) is 7.22. The Kier molecular flexibility index (Phi) is 5.62. The van der Waals surface area contributed by atoms with Gasteiger partial charge in [0, 0.05) is 23.7 Å². The van der Waals surface area contributed by atoms with E-state index in [4.69, 9.17) is 11.6 Å². The van der Waals surface area contributed by atoms with Crippen molar-refractivity contribution < 1.29 is 27.8 Å². The van der Waals surface area contributed by atoms with E-state index < -0.39 is 23.9 Å². The van der Waals surface area contributed by atoms with Crippen molar-refractivity contribution in [3.63, 3.8) is 0 Å². The summed E-state index contributed by atoms with van der Waals surface area (Å²) in [6.07, 6.45) is -2.66. The number of benzene rings is 2. The highest BCUT2D eigenvalue weighted by Gasteiger charge is 2.33. The van der Waals surface area contributed by atoms with Crippen molar-refractivity contribution in [2.75, 3.05) is 6.54 Å². The summed E-state index contributed by atoms with van der Waals surface area (Å²) in [5.74, 6) is -1.61. The number of hydrogen-bond donors (Lipinski definition) is 1. The highest BCUT2D eigenvalue weighted by Crippen LogP contribution is 2.29. The molecule has 1 saturated heterocycles. The molecule has 1 aliphatic heterocycles. The van der Waals surface area contributed by atoms with Crippen molar-refractivity contribution in [3.05, 3.63) is 58.7 Å². The fraction of sp³-hybridized carbons (Fsp3) is 0.286. The van der Waals surface area contributed by atoms with Crippen molar-refractivity contribution in [1.29, 1.82) is 0 Å². The molecule has 31 heavy (non-hydrogen) atoms. The van der Waals surface area contributed by atoms with Gasteiger partial charge in [-0.05, 0) is 49.1 Å². The summed E-state index contributed by atoms with van der Waals surface area (Å²) in [7, 11) is 0. The van der Waals surface area contributed by atoms with Gasteiger partial charge in [0.2, 0.25) is 5.88 Å². The van der Waals surface area contributed by atoms with Crippen LogP contribution in [0.4, 0.5) is 13.2 Å². The van der Waals surface area contributed by atoms with Gasteiger partial charge in [-0.2, -0.15) is 0 Å². The maximum absolute atomic E-state index is 13.1. The summed E-state index contributed by atoms with van der Waals surface area (Å²) in [6.45, 7) is 0.502. The van der Waals surface area contributed by atoms with Crippen LogP contribution in [0.25, 0.3) is 11.0 Å². The maximum atomic E-state index is 13.1. The standard InChI is InChI=1S/C21H17ClF3N3O3/c22-13-4-1-3-12(9-13)10-14-5-2-8-28(14)20(30)18-19(29)27-17-11-15(31-21(23,24)25)6-7-16(17)26-18/h1,3-4,6-7,9,11,14H,2,5,8,10H2,(H,27,29). The number of nitrogens with zero attached hydrogens (tertiary/aromatic N) is 3. The van der Waals surface area contributed by atoms with Crippen LogP contribution in [-0.2, 0) is 6.42 Å². The second-order valence-corrected chi connectivity index (χ2v) is 7.66. The smallest absolute Gasteiger partial charge is 0.492 e. The van der Waals surface area contributed by atoms with Crippen LogP contribution in [0.1, 0.15) is 28.9 Å². The van der Waals surface area contributed by atoms with E-state index in [0.29, 0.717) is 18.0 Å². The van der Waals surface area contributed by atoms with Crippen molar-refractivity contribution in [2.24, 2.45) is 0 Å². The molecule has 10 heteroatoms. The van der Waals surface area contributed by atoms with Gasteiger partial charge in [0.15, 0.2) is 5.69 Å². The quantitative estimate of drug-likeness (QED) is 0.620. The fourth-order valence-corrected chi connectivity index (χ4v) is 3.97. The lowest BCUT2D eigenvalue weighted by Crippen LogP contribution is -2.37. The van der Waals surface area contributed by atoms with Gasteiger partial charge in [0.1, 0.15) is 5.75 Å². The number of likely N-dealkylation sites (tertiary alicyclic amines) is 1. The normalized spacial score (nSPS) is 16.6. The first-order valence-corrected chi connectivity index (χ1v) is 9.89. The van der Waals surface area contributed by atoms with Crippen LogP contribution < -0.4 is 4.74 Å². The molecule has 1 amide bonds. The number of fused-ring (bicyclic) bond motifs is 1. The highest BCUT2D eigenvalue weighted by atomic mass is 35.5. The summed E-state index contributed by atoms with van der Waals surface area (Å²) >= 11 is 6.04. The Labute approximate surface area is 180 Å². The SMILES string of the molecule is O=C(c1nc2ccc(OC(F)(F)F)cc2nc1O)N1CCCC1Cc1cccc(Cl)c1. The molecule has 1 N–H and O–H groups in total. The predicted octanol–water partition coefficient (Wildman–Crippen LogP) is 4.73. The Morgan fingerprint density at radius 2 is 2.00 bits per heavy atom. The van der Waals surface area contributed by atoms with E-state index in [1.165, 1.54) is 6.07 Å². The van der Waals surface area contributed by atoms with Crippen LogP contribution in [0.15, 0.2) is 42.5 Å². The lowest BCUT2D eigenvalue weighted by molar-refractivity contribution is -0.274. The fourth-order valence-electron chi connectivity index (χ4n) is 3.75. The van der Waals surface area contributed by atoms with Crippen LogP contribution in [0, 0.1) is 0 Å². The summed E-state index contributed by atoms with van der Waals surface area (Å²) < 4.78 is 41.1. The molecule has 0 bridgehead atoms. The lowest BCUT2D eigenvalue weighted by atomic mass is 10.0. The topological polar surface area (TPSA) is 75.5 Å². The van der Waals surface area contributed by atoms with Crippen molar-refractivity contribution in [1.82, 2.24) is 14.9 Å². The van der Waals surface area contributed by atoms with Gasteiger partial charge in [-0.25, -0.2) is 9.97 Å². The van der Waals surface area contributed by atoms with Crippen molar-refractivity contribution >= 4 is 28.5 Å². The molecule has 0 radical (unpaired) electrons. The van der Waals surface area contributed by atoms with Gasteiger partial charge >= 0.3 is 6.36 Å². The predicted molar refractivity (Wildman–Crippen MR) is 107 cm³/mol. The first-order valence-electron chi connectivity index (χ1n) is 9.51. The molecule has 162 valence electrons. The Hall–Kier alpha value is -3.07. The monoisotopic (exact) mass is 451 g/mol. The number of aromatic hydroxyl groups is 1. The van der Waals surface area contributed by atoms with Crippen LogP contribution >= 0.6 is 11.6 Å². The van der Waals surface area contributed by atoms with Crippen molar-refractivity contribution in [2.45, 2.75) is 31.7 Å². The molecule has 1 unspecified atom stereocenters. The first kappa shape index (κ1) is 21.2. The number of carbonyl (C=O) groups excluding carboxylic acids is 1. The number of rotatable bonds is 4. The van der Waals surface area contributed by atoms with Crippen molar-refractivity contribution in [3.8, 4) is 11.6 Å². The van der Waals surface area contributed by atoms with Gasteiger partial charge in [0.05, 0.1) is 11.0 Å². The van der Waals surface area contributed by atoms with E-state index >= 15 is 0 Å². The molecule has 2 heterocycles. The molecule has 0 saturated carbocycles. The molecule has 1 fully saturated rings. The zero-order valence-electron chi connectivity index (χ0n) is 16.1. The molecule has 1 atom stereocenters. The minimum atomic E-state index is -4.85. The van der Waals surface area contributed by atoms with Gasteiger partial charge in [-0.1, -0.05) is 23.7 Å². The van der Waals surface area contributed by atoms with Crippen LogP contribution in [0.3, 0.4) is 0 Å². The molecule has 4 rings (SSSR count). The summed E-state index contributed by atoms with van der Waals surface area (Å²) in [4.78, 5) is 22.7. The Bertz CT molecular complexity index is 1140. The Morgan fingerprint density at radius 1 is 1.19 bits per heavy atom. The third kappa shape index (κ3) is 4.82. The second kappa shape index (κ2) is 8.22. The Balaban J connectivity index is 1.59. The van der Waals surface area contributed by atoms with E-state index in [1.807, 2.05) is 18.2 Å². The summed E-state index contributed by atoms with van der Waals surface area (Å²) in [6, 6.07) is 10.6. The zero-order valence-corrected chi connectivity index (χ0v) is 16.8. The highest BCUT2D eigenvalue weighted by molar-refractivity contribution is 6.30. The van der Waals surface area contributed by atoms with Crippen LogP contribution in [-0.4, -0.2) is 44.8 Å². The van der Waals surface area contributed by atoms with Crippen LogP contribution in [0.5, 0.6) is 11.6 Å². The van der Waals surface area contributed by atoms with E-state index in [1.54, 1.807) is 11.0 Å². The number of carbonyl (C=O) groups is 1.